The van der Waals surface area contributed by atoms with Gasteiger partial charge in [-0.3, -0.25) is 4.79 Å². The van der Waals surface area contributed by atoms with Gasteiger partial charge in [-0.25, -0.2) is 4.39 Å². The highest BCUT2D eigenvalue weighted by Crippen LogP contribution is 2.31. The van der Waals surface area contributed by atoms with Crippen molar-refractivity contribution in [3.05, 3.63) is 35.6 Å². The molecule has 0 aliphatic carbocycles. The number of carbonyl (C=O) groups is 1. The standard InChI is InChI=1S/C14H18FNO2/c1-2-18-14(17)11-7-8-16-9-12(11)10-5-3-4-6-13(10)15/h3-6,11-12,16H,2,7-9H2,1H3/t11-,12+/m0/s1. The molecule has 0 spiro atoms. The number of benzene rings is 1. The van der Waals surface area contributed by atoms with Crippen LogP contribution in [0.2, 0.25) is 0 Å². The van der Waals surface area contributed by atoms with Crippen molar-refractivity contribution >= 4 is 5.97 Å². The number of ether oxygens (including phenoxy) is 1. The van der Waals surface area contributed by atoms with Crippen molar-refractivity contribution in [1.82, 2.24) is 5.32 Å². The highest BCUT2D eigenvalue weighted by Gasteiger charge is 2.34. The lowest BCUT2D eigenvalue weighted by atomic mass is 9.81. The maximum Gasteiger partial charge on any atom is 0.309 e. The first-order valence-electron chi connectivity index (χ1n) is 6.35. The summed E-state index contributed by atoms with van der Waals surface area (Å²) in [5.74, 6) is -0.852. The summed E-state index contributed by atoms with van der Waals surface area (Å²) in [5, 5.41) is 3.21. The number of carbonyl (C=O) groups excluding carboxylic acids is 1. The topological polar surface area (TPSA) is 38.3 Å². The Morgan fingerprint density at radius 3 is 3.00 bits per heavy atom. The van der Waals surface area contributed by atoms with Crippen molar-refractivity contribution in [3.8, 4) is 0 Å². The van der Waals surface area contributed by atoms with Crippen LogP contribution in [0.4, 0.5) is 4.39 Å². The van der Waals surface area contributed by atoms with Gasteiger partial charge in [-0.15, -0.1) is 0 Å². The van der Waals surface area contributed by atoms with Crippen LogP contribution in [-0.4, -0.2) is 25.7 Å². The highest BCUT2D eigenvalue weighted by molar-refractivity contribution is 5.74. The molecule has 0 aromatic heterocycles. The van der Waals surface area contributed by atoms with E-state index >= 15 is 0 Å². The Labute approximate surface area is 106 Å². The third-order valence-corrected chi connectivity index (χ3v) is 3.38. The second kappa shape index (κ2) is 5.96. The molecule has 2 atom stereocenters. The molecule has 1 heterocycles. The van der Waals surface area contributed by atoms with Gasteiger partial charge in [0.05, 0.1) is 12.5 Å². The van der Waals surface area contributed by atoms with Crippen LogP contribution in [-0.2, 0) is 9.53 Å². The molecule has 18 heavy (non-hydrogen) atoms. The Morgan fingerprint density at radius 2 is 2.28 bits per heavy atom. The average Bonchev–Trinajstić information content (AvgIpc) is 2.40. The second-order valence-electron chi connectivity index (χ2n) is 4.48. The monoisotopic (exact) mass is 251 g/mol. The molecule has 1 aromatic rings. The van der Waals surface area contributed by atoms with Gasteiger partial charge in [0.15, 0.2) is 0 Å². The van der Waals surface area contributed by atoms with Gasteiger partial charge >= 0.3 is 5.97 Å². The number of hydrogen-bond donors (Lipinski definition) is 1. The van der Waals surface area contributed by atoms with E-state index < -0.39 is 0 Å². The molecule has 3 nitrogen and oxygen atoms in total. The minimum atomic E-state index is -0.250. The van der Waals surface area contributed by atoms with Crippen molar-refractivity contribution < 1.29 is 13.9 Å². The van der Waals surface area contributed by atoms with Gasteiger partial charge in [0, 0.05) is 12.5 Å². The molecule has 1 fully saturated rings. The molecule has 0 radical (unpaired) electrons. The maximum atomic E-state index is 13.8. The van der Waals surface area contributed by atoms with Crippen molar-refractivity contribution in [2.45, 2.75) is 19.3 Å². The summed E-state index contributed by atoms with van der Waals surface area (Å²) in [7, 11) is 0. The number of piperidine rings is 1. The molecule has 1 aliphatic rings. The molecule has 4 heteroatoms. The van der Waals surface area contributed by atoms with Crippen LogP contribution in [0.1, 0.15) is 24.8 Å². The van der Waals surface area contributed by atoms with E-state index in [1.165, 1.54) is 6.07 Å². The molecular formula is C14H18FNO2. The fraction of sp³-hybridized carbons (Fsp3) is 0.500. The van der Waals surface area contributed by atoms with Gasteiger partial charge in [-0.1, -0.05) is 18.2 Å². The third-order valence-electron chi connectivity index (χ3n) is 3.38. The summed E-state index contributed by atoms with van der Waals surface area (Å²) in [6.07, 6.45) is 0.692. The Morgan fingerprint density at radius 1 is 1.50 bits per heavy atom. The molecule has 0 amide bonds. The molecule has 1 aromatic carbocycles. The largest absolute Gasteiger partial charge is 0.466 e. The van der Waals surface area contributed by atoms with E-state index in [9.17, 15) is 9.18 Å². The molecular weight excluding hydrogens is 233 g/mol. The Kier molecular flexibility index (Phi) is 4.31. The molecule has 98 valence electrons. The summed E-state index contributed by atoms with van der Waals surface area (Å²) < 4.78 is 18.9. The van der Waals surface area contributed by atoms with Gasteiger partial charge in [-0.05, 0) is 31.5 Å². The lowest BCUT2D eigenvalue weighted by molar-refractivity contribution is -0.149. The smallest absolute Gasteiger partial charge is 0.309 e. The molecule has 0 saturated carbocycles. The number of rotatable bonds is 3. The van der Waals surface area contributed by atoms with Crippen LogP contribution < -0.4 is 5.32 Å². The minimum Gasteiger partial charge on any atom is -0.466 e. The van der Waals surface area contributed by atoms with Gasteiger partial charge in [-0.2, -0.15) is 0 Å². The first kappa shape index (κ1) is 13.0. The van der Waals surface area contributed by atoms with Crippen LogP contribution >= 0.6 is 0 Å². The summed E-state index contributed by atoms with van der Waals surface area (Å²) in [5.41, 5.74) is 0.600. The van der Waals surface area contributed by atoms with E-state index in [4.69, 9.17) is 4.74 Å². The molecule has 0 unspecified atom stereocenters. The number of hydrogen-bond acceptors (Lipinski definition) is 3. The van der Waals surface area contributed by atoms with Gasteiger partial charge in [0.25, 0.3) is 0 Å². The highest BCUT2D eigenvalue weighted by atomic mass is 19.1. The Bertz CT molecular complexity index is 422. The zero-order valence-corrected chi connectivity index (χ0v) is 10.5. The summed E-state index contributed by atoms with van der Waals surface area (Å²) in [4.78, 5) is 11.9. The number of esters is 1. The fourth-order valence-corrected chi connectivity index (χ4v) is 2.49. The van der Waals surface area contributed by atoms with Crippen LogP contribution in [0, 0.1) is 11.7 Å². The first-order valence-corrected chi connectivity index (χ1v) is 6.35. The minimum absolute atomic E-state index is 0.140. The maximum absolute atomic E-state index is 13.8. The first-order chi connectivity index (χ1) is 8.74. The van der Waals surface area contributed by atoms with Crippen molar-refractivity contribution in [2.75, 3.05) is 19.7 Å². The zero-order valence-electron chi connectivity index (χ0n) is 10.5. The van der Waals surface area contributed by atoms with E-state index in [0.717, 1.165) is 6.54 Å². The summed E-state index contributed by atoms with van der Waals surface area (Å²) in [6.45, 7) is 3.54. The van der Waals surface area contributed by atoms with E-state index in [2.05, 4.69) is 5.32 Å². The van der Waals surface area contributed by atoms with Crippen LogP contribution in [0.3, 0.4) is 0 Å². The normalized spacial score (nSPS) is 23.7. The van der Waals surface area contributed by atoms with Gasteiger partial charge < -0.3 is 10.1 Å². The summed E-state index contributed by atoms with van der Waals surface area (Å²) in [6, 6.07) is 6.65. The second-order valence-corrected chi connectivity index (χ2v) is 4.48. The molecule has 1 N–H and O–H groups in total. The lowest BCUT2D eigenvalue weighted by Gasteiger charge is -2.31. The number of halogens is 1. The predicted molar refractivity (Wildman–Crippen MR) is 66.8 cm³/mol. The van der Waals surface area contributed by atoms with Crippen LogP contribution in [0.25, 0.3) is 0 Å². The van der Waals surface area contributed by atoms with Crippen molar-refractivity contribution in [1.29, 1.82) is 0 Å². The molecule has 2 rings (SSSR count). The van der Waals surface area contributed by atoms with E-state index in [1.807, 2.05) is 0 Å². The molecule has 0 bridgehead atoms. The Balaban J connectivity index is 2.23. The number of nitrogens with one attached hydrogen (secondary N) is 1. The predicted octanol–water partition coefficient (Wildman–Crippen LogP) is 2.08. The van der Waals surface area contributed by atoms with Crippen molar-refractivity contribution in [3.63, 3.8) is 0 Å². The summed E-state index contributed by atoms with van der Waals surface area (Å²) >= 11 is 0. The molecule has 1 aliphatic heterocycles. The van der Waals surface area contributed by atoms with Gasteiger partial charge in [0.1, 0.15) is 5.82 Å². The van der Waals surface area contributed by atoms with E-state index in [1.54, 1.807) is 25.1 Å². The zero-order chi connectivity index (χ0) is 13.0. The van der Waals surface area contributed by atoms with Gasteiger partial charge in [0.2, 0.25) is 0 Å². The Hall–Kier alpha value is -1.42. The molecule has 1 saturated heterocycles. The van der Waals surface area contributed by atoms with E-state index in [0.29, 0.717) is 25.1 Å². The van der Waals surface area contributed by atoms with Crippen molar-refractivity contribution in [2.24, 2.45) is 5.92 Å². The quantitative estimate of drug-likeness (QED) is 0.836. The van der Waals surface area contributed by atoms with Crippen LogP contribution in [0.5, 0.6) is 0 Å². The average molecular weight is 251 g/mol. The lowest BCUT2D eigenvalue weighted by Crippen LogP contribution is -2.39. The SMILES string of the molecule is CCOC(=O)[C@H]1CCNC[C@@H]1c1ccccc1F. The fourth-order valence-electron chi connectivity index (χ4n) is 2.49. The van der Waals surface area contributed by atoms with Crippen LogP contribution in [0.15, 0.2) is 24.3 Å². The van der Waals surface area contributed by atoms with E-state index in [-0.39, 0.29) is 23.6 Å². The third kappa shape index (κ3) is 2.70.